The van der Waals surface area contributed by atoms with Crippen molar-refractivity contribution in [3.8, 4) is 5.88 Å². The van der Waals surface area contributed by atoms with E-state index < -0.39 is 11.2 Å². The first kappa shape index (κ1) is 10.6. The first-order valence-electron chi connectivity index (χ1n) is 4.50. The van der Waals surface area contributed by atoms with Gasteiger partial charge in [-0.1, -0.05) is 0 Å². The fourth-order valence-electron chi connectivity index (χ4n) is 1.27. The van der Waals surface area contributed by atoms with Crippen LogP contribution in [0.25, 0.3) is 0 Å². The Kier molecular flexibility index (Phi) is 2.61. The largest absolute Gasteiger partial charge is 0.494 e. The Labute approximate surface area is 93.8 Å². The Hall–Kier alpha value is -1.89. The molecule has 0 saturated heterocycles. The van der Waals surface area contributed by atoms with E-state index in [0.29, 0.717) is 5.01 Å². The number of hydrogen-bond acceptors (Lipinski definition) is 5. The molecule has 0 saturated carbocycles. The summed E-state index contributed by atoms with van der Waals surface area (Å²) in [6, 6.07) is 0.960. The Morgan fingerprint density at radius 3 is 2.88 bits per heavy atom. The monoisotopic (exact) mass is 239 g/mol. The lowest BCUT2D eigenvalue weighted by Crippen LogP contribution is -2.29. The van der Waals surface area contributed by atoms with Gasteiger partial charge in [0.1, 0.15) is 5.01 Å². The Morgan fingerprint density at radius 2 is 2.31 bits per heavy atom. The first-order valence-corrected chi connectivity index (χ1v) is 5.32. The molecule has 0 aliphatic carbocycles. The molecular formula is C9H9N3O3S. The molecule has 2 N–H and O–H groups in total. The fraction of sp³-hybridized carbons (Fsp3) is 0.222. The van der Waals surface area contributed by atoms with Crippen LogP contribution in [0.5, 0.6) is 5.88 Å². The fourth-order valence-corrected chi connectivity index (χ4v) is 2.05. The van der Waals surface area contributed by atoms with Crippen molar-refractivity contribution in [2.45, 2.75) is 13.5 Å². The molecule has 0 atom stereocenters. The molecule has 2 aromatic heterocycles. The van der Waals surface area contributed by atoms with E-state index in [9.17, 15) is 14.7 Å². The number of aromatic nitrogens is 3. The molecule has 0 amide bonds. The average Bonchev–Trinajstić information content (AvgIpc) is 2.58. The van der Waals surface area contributed by atoms with Crippen molar-refractivity contribution in [2.75, 3.05) is 0 Å². The van der Waals surface area contributed by atoms with Crippen LogP contribution in [-0.4, -0.2) is 19.6 Å². The third-order valence-corrected chi connectivity index (χ3v) is 2.87. The molecule has 2 heterocycles. The van der Waals surface area contributed by atoms with E-state index in [-0.39, 0.29) is 12.4 Å². The van der Waals surface area contributed by atoms with Gasteiger partial charge in [-0.2, -0.15) is 0 Å². The van der Waals surface area contributed by atoms with Gasteiger partial charge in [0, 0.05) is 11.1 Å². The molecule has 6 nitrogen and oxygen atoms in total. The van der Waals surface area contributed by atoms with Gasteiger partial charge in [-0.15, -0.1) is 11.3 Å². The van der Waals surface area contributed by atoms with E-state index in [1.807, 2.05) is 6.92 Å². The zero-order chi connectivity index (χ0) is 11.7. The summed E-state index contributed by atoms with van der Waals surface area (Å²) in [7, 11) is 0. The van der Waals surface area contributed by atoms with E-state index in [4.69, 9.17) is 0 Å². The topological polar surface area (TPSA) is 88.0 Å². The lowest BCUT2D eigenvalue weighted by molar-refractivity contribution is 0.409. The number of nitrogens with one attached hydrogen (secondary N) is 1. The van der Waals surface area contributed by atoms with Gasteiger partial charge in [0.05, 0.1) is 12.6 Å². The van der Waals surface area contributed by atoms with Gasteiger partial charge < -0.3 is 5.11 Å². The van der Waals surface area contributed by atoms with Crippen LogP contribution in [0.15, 0.2) is 21.9 Å². The molecule has 84 valence electrons. The number of nitrogens with zero attached hydrogens (tertiary/aromatic N) is 2. The summed E-state index contributed by atoms with van der Waals surface area (Å²) >= 11 is 1.43. The van der Waals surface area contributed by atoms with Gasteiger partial charge in [0.2, 0.25) is 5.88 Å². The number of thiazole rings is 1. The van der Waals surface area contributed by atoms with Crippen LogP contribution in [0.1, 0.15) is 9.88 Å². The summed E-state index contributed by atoms with van der Waals surface area (Å²) < 4.78 is 1.06. The van der Waals surface area contributed by atoms with Crippen molar-refractivity contribution < 1.29 is 5.11 Å². The second kappa shape index (κ2) is 3.93. The van der Waals surface area contributed by atoms with Crippen LogP contribution < -0.4 is 11.2 Å². The van der Waals surface area contributed by atoms with Gasteiger partial charge >= 0.3 is 5.69 Å². The van der Waals surface area contributed by atoms with Crippen molar-refractivity contribution >= 4 is 11.3 Å². The first-order chi connectivity index (χ1) is 7.56. The Bertz CT molecular complexity index is 625. The highest BCUT2D eigenvalue weighted by Gasteiger charge is 2.07. The molecular weight excluding hydrogens is 230 g/mol. The zero-order valence-corrected chi connectivity index (χ0v) is 9.24. The van der Waals surface area contributed by atoms with Crippen molar-refractivity contribution in [3.63, 3.8) is 0 Å². The molecule has 0 aliphatic heterocycles. The van der Waals surface area contributed by atoms with Crippen molar-refractivity contribution in [3.05, 3.63) is 43.0 Å². The third-order valence-electron chi connectivity index (χ3n) is 1.97. The zero-order valence-electron chi connectivity index (χ0n) is 8.43. The highest BCUT2D eigenvalue weighted by molar-refractivity contribution is 7.11. The minimum Gasteiger partial charge on any atom is -0.494 e. The molecule has 0 aromatic carbocycles. The molecule has 0 fully saturated rings. The second-order valence-corrected chi connectivity index (χ2v) is 4.57. The Balaban J connectivity index is 2.42. The van der Waals surface area contributed by atoms with Gasteiger partial charge in [0.15, 0.2) is 0 Å². The minimum atomic E-state index is -0.641. The summed E-state index contributed by atoms with van der Waals surface area (Å²) in [6.45, 7) is 2.05. The quantitative estimate of drug-likeness (QED) is 0.775. The Morgan fingerprint density at radius 1 is 1.56 bits per heavy atom. The molecule has 0 bridgehead atoms. The van der Waals surface area contributed by atoms with Crippen LogP contribution in [-0.2, 0) is 6.54 Å². The van der Waals surface area contributed by atoms with Gasteiger partial charge in [-0.25, -0.2) is 9.78 Å². The summed E-state index contributed by atoms with van der Waals surface area (Å²) in [4.78, 5) is 29.4. The summed E-state index contributed by atoms with van der Waals surface area (Å²) in [6.07, 6.45) is 1.69. The van der Waals surface area contributed by atoms with E-state index in [0.717, 1.165) is 15.5 Å². The van der Waals surface area contributed by atoms with Crippen molar-refractivity contribution in [1.82, 2.24) is 14.5 Å². The molecule has 2 rings (SSSR count). The van der Waals surface area contributed by atoms with E-state index in [1.165, 1.54) is 11.3 Å². The maximum Gasteiger partial charge on any atom is 0.331 e. The van der Waals surface area contributed by atoms with Crippen LogP contribution in [0.2, 0.25) is 0 Å². The standard InChI is InChI=1S/C9H9N3O3S/c1-5-3-10-7(16-5)4-12-8(14)2-6(13)11-9(12)15/h2-3,14H,4H2,1H3,(H,11,13,15). The summed E-state index contributed by atoms with van der Waals surface area (Å²) in [5.74, 6) is -0.360. The van der Waals surface area contributed by atoms with E-state index in [2.05, 4.69) is 9.97 Å². The van der Waals surface area contributed by atoms with Gasteiger partial charge in [-0.05, 0) is 6.92 Å². The number of hydrogen-bond donors (Lipinski definition) is 2. The predicted molar refractivity (Wildman–Crippen MR) is 58.9 cm³/mol. The number of H-pyrrole nitrogens is 1. The van der Waals surface area contributed by atoms with Crippen LogP contribution >= 0.6 is 11.3 Å². The maximum absolute atomic E-state index is 11.4. The molecule has 2 aromatic rings. The molecule has 0 radical (unpaired) electrons. The van der Waals surface area contributed by atoms with Crippen LogP contribution in [0, 0.1) is 6.92 Å². The minimum absolute atomic E-state index is 0.153. The third kappa shape index (κ3) is 2.03. The molecule has 0 unspecified atom stereocenters. The lowest BCUT2D eigenvalue weighted by atomic mass is 10.5. The number of aromatic hydroxyl groups is 1. The maximum atomic E-state index is 11.4. The van der Waals surface area contributed by atoms with E-state index >= 15 is 0 Å². The normalized spacial score (nSPS) is 10.6. The smallest absolute Gasteiger partial charge is 0.331 e. The highest BCUT2D eigenvalue weighted by Crippen LogP contribution is 2.13. The van der Waals surface area contributed by atoms with Gasteiger partial charge in [0.25, 0.3) is 5.56 Å². The number of aromatic amines is 1. The van der Waals surface area contributed by atoms with Crippen molar-refractivity contribution in [1.29, 1.82) is 0 Å². The predicted octanol–water partition coefficient (Wildman–Crippen LogP) is 0.0554. The summed E-state index contributed by atoms with van der Waals surface area (Å²) in [5, 5.41) is 10.2. The highest BCUT2D eigenvalue weighted by atomic mass is 32.1. The van der Waals surface area contributed by atoms with Crippen molar-refractivity contribution in [2.24, 2.45) is 0 Å². The average molecular weight is 239 g/mol. The van der Waals surface area contributed by atoms with E-state index in [1.54, 1.807) is 6.20 Å². The van der Waals surface area contributed by atoms with Crippen LogP contribution in [0.4, 0.5) is 0 Å². The SMILES string of the molecule is Cc1cnc(Cn2c(O)cc(=O)[nH]c2=O)s1. The number of aryl methyl sites for hydroxylation is 1. The van der Waals surface area contributed by atoms with Crippen LogP contribution in [0.3, 0.4) is 0 Å². The molecule has 7 heteroatoms. The van der Waals surface area contributed by atoms with Gasteiger partial charge in [-0.3, -0.25) is 14.3 Å². The molecule has 0 aliphatic rings. The molecule has 16 heavy (non-hydrogen) atoms. The lowest BCUT2D eigenvalue weighted by Gasteiger charge is -2.04. The second-order valence-electron chi connectivity index (χ2n) is 3.25. The molecule has 0 spiro atoms. The number of rotatable bonds is 2. The summed E-state index contributed by atoms with van der Waals surface area (Å²) in [5.41, 5.74) is -1.26.